The van der Waals surface area contributed by atoms with Gasteiger partial charge in [0.15, 0.2) is 0 Å². The van der Waals surface area contributed by atoms with Crippen molar-refractivity contribution in [3.63, 3.8) is 0 Å². The molecule has 2 unspecified atom stereocenters. The van der Waals surface area contributed by atoms with E-state index in [1.807, 2.05) is 0 Å². The standard InChI is InChI=1S/C13H17N3O4/c1-8-3-4-9(5-12(8)16(18)19)15-13(17)10-6-20-7-11(10)14-2/h3-5,10-11,14H,6-7H2,1-2H3,(H,15,17). The molecule has 0 aromatic heterocycles. The van der Waals surface area contributed by atoms with Gasteiger partial charge in [-0.3, -0.25) is 14.9 Å². The monoisotopic (exact) mass is 279 g/mol. The fourth-order valence-corrected chi connectivity index (χ4v) is 2.22. The lowest BCUT2D eigenvalue weighted by Crippen LogP contribution is -2.39. The van der Waals surface area contributed by atoms with Gasteiger partial charge in [0.05, 0.1) is 24.1 Å². The lowest BCUT2D eigenvalue weighted by atomic mass is 10.0. The number of hydrogen-bond acceptors (Lipinski definition) is 5. The number of ether oxygens (including phenoxy) is 1. The van der Waals surface area contributed by atoms with Crippen LogP contribution in [0.3, 0.4) is 0 Å². The zero-order valence-corrected chi connectivity index (χ0v) is 11.4. The Labute approximate surface area is 116 Å². The molecule has 0 aliphatic carbocycles. The molecule has 1 saturated heterocycles. The van der Waals surface area contributed by atoms with Crippen LogP contribution in [0.2, 0.25) is 0 Å². The molecule has 1 aliphatic heterocycles. The zero-order chi connectivity index (χ0) is 14.7. The summed E-state index contributed by atoms with van der Waals surface area (Å²) in [6.07, 6.45) is 0. The summed E-state index contributed by atoms with van der Waals surface area (Å²) in [6, 6.07) is 4.62. The highest BCUT2D eigenvalue weighted by Gasteiger charge is 2.33. The van der Waals surface area contributed by atoms with Gasteiger partial charge in [0.2, 0.25) is 5.91 Å². The van der Waals surface area contributed by atoms with E-state index >= 15 is 0 Å². The number of nitrogens with zero attached hydrogens (tertiary/aromatic N) is 1. The number of carbonyl (C=O) groups excluding carboxylic acids is 1. The van der Waals surface area contributed by atoms with Gasteiger partial charge < -0.3 is 15.4 Å². The van der Waals surface area contributed by atoms with Crippen molar-refractivity contribution in [1.82, 2.24) is 5.32 Å². The van der Waals surface area contributed by atoms with Gasteiger partial charge in [0.1, 0.15) is 0 Å². The van der Waals surface area contributed by atoms with E-state index in [1.165, 1.54) is 6.07 Å². The first kappa shape index (κ1) is 14.4. The summed E-state index contributed by atoms with van der Waals surface area (Å²) < 4.78 is 5.27. The van der Waals surface area contributed by atoms with E-state index in [9.17, 15) is 14.9 Å². The van der Waals surface area contributed by atoms with Gasteiger partial charge in [-0.2, -0.15) is 0 Å². The molecule has 0 saturated carbocycles. The van der Waals surface area contributed by atoms with E-state index in [-0.39, 0.29) is 23.6 Å². The average Bonchev–Trinajstić information content (AvgIpc) is 2.89. The largest absolute Gasteiger partial charge is 0.379 e. The Morgan fingerprint density at radius 1 is 1.45 bits per heavy atom. The van der Waals surface area contributed by atoms with Crippen molar-refractivity contribution in [1.29, 1.82) is 0 Å². The summed E-state index contributed by atoms with van der Waals surface area (Å²) in [5.74, 6) is -0.486. The molecule has 7 nitrogen and oxygen atoms in total. The number of anilines is 1. The molecule has 20 heavy (non-hydrogen) atoms. The van der Waals surface area contributed by atoms with E-state index in [0.717, 1.165) is 0 Å². The molecule has 2 atom stereocenters. The van der Waals surface area contributed by atoms with Gasteiger partial charge in [-0.1, -0.05) is 6.07 Å². The van der Waals surface area contributed by atoms with Crippen LogP contribution in [0.5, 0.6) is 0 Å². The first-order chi connectivity index (χ1) is 9.52. The number of nitro benzene ring substituents is 1. The molecule has 0 radical (unpaired) electrons. The zero-order valence-electron chi connectivity index (χ0n) is 11.4. The fourth-order valence-electron chi connectivity index (χ4n) is 2.22. The Balaban J connectivity index is 2.12. The van der Waals surface area contributed by atoms with Crippen molar-refractivity contribution in [3.8, 4) is 0 Å². The Kier molecular flexibility index (Phi) is 4.31. The van der Waals surface area contributed by atoms with Crippen LogP contribution in [-0.2, 0) is 9.53 Å². The highest BCUT2D eigenvalue weighted by atomic mass is 16.6. The predicted molar refractivity (Wildman–Crippen MR) is 73.6 cm³/mol. The Morgan fingerprint density at radius 2 is 2.20 bits per heavy atom. The molecular formula is C13H17N3O4. The summed E-state index contributed by atoms with van der Waals surface area (Å²) in [7, 11) is 1.77. The number of likely N-dealkylation sites (N-methyl/N-ethyl adjacent to an activating group) is 1. The minimum Gasteiger partial charge on any atom is -0.379 e. The molecule has 1 heterocycles. The van der Waals surface area contributed by atoms with Crippen LogP contribution in [0, 0.1) is 23.0 Å². The second-order valence-corrected chi connectivity index (χ2v) is 4.79. The minimum atomic E-state index is -0.458. The third-order valence-corrected chi connectivity index (χ3v) is 3.46. The number of aryl methyl sites for hydroxylation is 1. The molecule has 2 rings (SSSR count). The van der Waals surface area contributed by atoms with Gasteiger partial charge in [-0.15, -0.1) is 0 Å². The van der Waals surface area contributed by atoms with E-state index in [1.54, 1.807) is 26.1 Å². The number of hydrogen-bond donors (Lipinski definition) is 2. The molecule has 1 aromatic rings. The molecule has 1 fully saturated rings. The van der Waals surface area contributed by atoms with Crippen molar-refractivity contribution >= 4 is 17.3 Å². The Morgan fingerprint density at radius 3 is 2.85 bits per heavy atom. The van der Waals surface area contributed by atoms with Crippen LogP contribution in [0.15, 0.2) is 18.2 Å². The first-order valence-electron chi connectivity index (χ1n) is 6.34. The summed E-state index contributed by atoms with van der Waals surface area (Å²) >= 11 is 0. The van der Waals surface area contributed by atoms with E-state index in [0.29, 0.717) is 24.5 Å². The minimum absolute atomic E-state index is 0.00404. The number of benzene rings is 1. The van der Waals surface area contributed by atoms with E-state index in [2.05, 4.69) is 10.6 Å². The summed E-state index contributed by atoms with van der Waals surface area (Å²) in [5.41, 5.74) is 0.981. The highest BCUT2D eigenvalue weighted by Crippen LogP contribution is 2.23. The molecule has 0 bridgehead atoms. The maximum atomic E-state index is 12.1. The Bertz CT molecular complexity index is 532. The van der Waals surface area contributed by atoms with E-state index in [4.69, 9.17) is 4.74 Å². The van der Waals surface area contributed by atoms with Gasteiger partial charge in [0.25, 0.3) is 5.69 Å². The number of carbonyl (C=O) groups is 1. The molecular weight excluding hydrogens is 262 g/mol. The topological polar surface area (TPSA) is 93.5 Å². The maximum absolute atomic E-state index is 12.1. The van der Waals surface area contributed by atoms with Crippen LogP contribution in [0.25, 0.3) is 0 Å². The van der Waals surface area contributed by atoms with Crippen LogP contribution in [-0.4, -0.2) is 37.1 Å². The normalized spacial score (nSPS) is 21.7. The summed E-state index contributed by atoms with van der Waals surface area (Å²) in [4.78, 5) is 22.6. The average molecular weight is 279 g/mol. The number of nitrogens with one attached hydrogen (secondary N) is 2. The first-order valence-corrected chi connectivity index (χ1v) is 6.34. The van der Waals surface area contributed by atoms with Crippen molar-refractivity contribution in [2.75, 3.05) is 25.6 Å². The second kappa shape index (κ2) is 5.98. The number of rotatable bonds is 4. The van der Waals surface area contributed by atoms with Crippen molar-refractivity contribution < 1.29 is 14.5 Å². The van der Waals surface area contributed by atoms with Crippen LogP contribution < -0.4 is 10.6 Å². The van der Waals surface area contributed by atoms with E-state index < -0.39 is 4.92 Å². The number of nitro groups is 1. The molecule has 7 heteroatoms. The quantitative estimate of drug-likeness (QED) is 0.635. The third-order valence-electron chi connectivity index (χ3n) is 3.46. The fraction of sp³-hybridized carbons (Fsp3) is 0.462. The second-order valence-electron chi connectivity index (χ2n) is 4.79. The molecule has 2 N–H and O–H groups in total. The van der Waals surface area contributed by atoms with Crippen molar-refractivity contribution in [3.05, 3.63) is 33.9 Å². The van der Waals surface area contributed by atoms with Gasteiger partial charge in [0, 0.05) is 23.4 Å². The number of amides is 1. The molecule has 1 aliphatic rings. The Hall–Kier alpha value is -1.99. The molecule has 108 valence electrons. The highest BCUT2D eigenvalue weighted by molar-refractivity contribution is 5.93. The van der Waals surface area contributed by atoms with Crippen LogP contribution in [0.4, 0.5) is 11.4 Å². The lowest BCUT2D eigenvalue weighted by Gasteiger charge is -2.16. The summed E-state index contributed by atoms with van der Waals surface area (Å²) in [5, 5.41) is 16.6. The van der Waals surface area contributed by atoms with Crippen molar-refractivity contribution in [2.45, 2.75) is 13.0 Å². The SMILES string of the molecule is CNC1COCC1C(=O)Nc1ccc(C)c([N+](=O)[O-])c1. The van der Waals surface area contributed by atoms with Gasteiger partial charge in [-0.25, -0.2) is 0 Å². The lowest BCUT2D eigenvalue weighted by molar-refractivity contribution is -0.385. The smallest absolute Gasteiger partial charge is 0.274 e. The van der Waals surface area contributed by atoms with Gasteiger partial charge in [-0.05, 0) is 20.0 Å². The van der Waals surface area contributed by atoms with Crippen LogP contribution in [0.1, 0.15) is 5.56 Å². The molecule has 1 aromatic carbocycles. The predicted octanol–water partition coefficient (Wildman–Crippen LogP) is 1.08. The summed E-state index contributed by atoms with van der Waals surface area (Å²) in [6.45, 7) is 2.50. The third kappa shape index (κ3) is 2.94. The molecule has 1 amide bonds. The van der Waals surface area contributed by atoms with Gasteiger partial charge >= 0.3 is 0 Å². The van der Waals surface area contributed by atoms with Crippen LogP contribution >= 0.6 is 0 Å². The molecule has 0 spiro atoms. The van der Waals surface area contributed by atoms with Crippen molar-refractivity contribution in [2.24, 2.45) is 5.92 Å². The maximum Gasteiger partial charge on any atom is 0.274 e.